The van der Waals surface area contributed by atoms with Crippen molar-refractivity contribution in [1.29, 1.82) is 0 Å². The quantitative estimate of drug-likeness (QED) is 0.569. The van der Waals surface area contributed by atoms with E-state index in [1.165, 1.54) is 6.92 Å². The molecule has 0 aliphatic rings. The Morgan fingerprint density at radius 1 is 1.29 bits per heavy atom. The second kappa shape index (κ2) is 6.58. The van der Waals surface area contributed by atoms with Gasteiger partial charge in [-0.1, -0.05) is 23.2 Å². The highest BCUT2D eigenvalue weighted by molar-refractivity contribution is 6.51. The van der Waals surface area contributed by atoms with E-state index in [4.69, 9.17) is 0 Å². The summed E-state index contributed by atoms with van der Waals surface area (Å²) in [6, 6.07) is 0. The van der Waals surface area contributed by atoms with Gasteiger partial charge >= 0.3 is 15.9 Å². The number of carbonyl (C=O) groups is 1. The third-order valence-corrected chi connectivity index (χ3v) is 1.60. The molecule has 0 saturated carbocycles. The summed E-state index contributed by atoms with van der Waals surface area (Å²) < 4.78 is 35.0. The summed E-state index contributed by atoms with van der Waals surface area (Å²) in [6.07, 6.45) is 0. The van der Waals surface area contributed by atoms with Crippen LogP contribution in [0.5, 0.6) is 0 Å². The standard InChI is InChI=1S/C4H8O2.C2Cl3F3/c1-3-6-4(2)5;3-1(4,6)2(5,7)8/h3H2,1-2H3;. The molecule has 0 saturated heterocycles. The molecule has 0 aliphatic heterocycles. The van der Waals surface area contributed by atoms with Crippen LogP contribution in [0.2, 0.25) is 0 Å². The normalized spacial score (nSPS) is 11.4. The van der Waals surface area contributed by atoms with Gasteiger partial charge in [0.05, 0.1) is 6.61 Å². The molecule has 0 aromatic carbocycles. The van der Waals surface area contributed by atoms with Crippen molar-refractivity contribution in [1.82, 2.24) is 0 Å². The third-order valence-electron chi connectivity index (χ3n) is 0.669. The molecule has 0 aromatic heterocycles. The molecule has 0 bridgehead atoms. The van der Waals surface area contributed by atoms with Crippen molar-refractivity contribution >= 4 is 40.8 Å². The van der Waals surface area contributed by atoms with E-state index in [2.05, 4.69) is 39.5 Å². The molecule has 0 spiro atoms. The zero-order valence-electron chi connectivity index (χ0n) is 7.29. The van der Waals surface area contributed by atoms with Crippen molar-refractivity contribution in [3.8, 4) is 0 Å². The fraction of sp³-hybridized carbons (Fsp3) is 0.833. The molecule has 0 unspecified atom stereocenters. The first-order valence-corrected chi connectivity index (χ1v) is 4.42. The average Bonchev–Trinajstić information content (AvgIpc) is 1.82. The van der Waals surface area contributed by atoms with Gasteiger partial charge in [-0.2, -0.15) is 13.2 Å². The predicted octanol–water partition coefficient (Wildman–Crippen LogP) is 3.49. The van der Waals surface area contributed by atoms with Crippen LogP contribution in [0, 0.1) is 0 Å². The summed E-state index contributed by atoms with van der Waals surface area (Å²) in [4.78, 5) is 9.82. The number of ether oxygens (including phenoxy) is 1. The monoisotopic (exact) mass is 274 g/mol. The largest absolute Gasteiger partial charge is 0.466 e. The van der Waals surface area contributed by atoms with Gasteiger partial charge in [0.2, 0.25) is 0 Å². The Labute approximate surface area is 94.3 Å². The third kappa shape index (κ3) is 10.2. The molecule has 0 heterocycles. The SMILES string of the molecule is CCOC(C)=O.FC(F)(Cl)C(F)(Cl)Cl. The Hall–Kier alpha value is 0.130. The van der Waals surface area contributed by atoms with Crippen LogP contribution in [-0.2, 0) is 9.53 Å². The maximum atomic E-state index is 11.5. The van der Waals surface area contributed by atoms with Crippen LogP contribution in [0.15, 0.2) is 0 Å². The van der Waals surface area contributed by atoms with Crippen molar-refractivity contribution in [2.75, 3.05) is 6.61 Å². The predicted molar refractivity (Wildman–Crippen MR) is 48.7 cm³/mol. The van der Waals surface area contributed by atoms with Crippen molar-refractivity contribution in [2.45, 2.75) is 23.8 Å². The van der Waals surface area contributed by atoms with E-state index in [0.717, 1.165) is 0 Å². The summed E-state index contributed by atoms with van der Waals surface area (Å²) >= 11 is 12.5. The average molecular weight is 275 g/mol. The first kappa shape index (κ1) is 16.6. The van der Waals surface area contributed by atoms with Crippen molar-refractivity contribution < 1.29 is 22.7 Å². The van der Waals surface area contributed by atoms with E-state index in [-0.39, 0.29) is 5.97 Å². The van der Waals surface area contributed by atoms with Crippen LogP contribution in [0.3, 0.4) is 0 Å². The van der Waals surface area contributed by atoms with Crippen LogP contribution < -0.4 is 0 Å². The minimum atomic E-state index is -4.23. The molecule has 8 heteroatoms. The minimum Gasteiger partial charge on any atom is -0.466 e. The topological polar surface area (TPSA) is 26.3 Å². The van der Waals surface area contributed by atoms with Gasteiger partial charge in [-0.15, -0.1) is 0 Å². The molecule has 0 amide bonds. The van der Waals surface area contributed by atoms with Gasteiger partial charge in [-0.05, 0) is 18.5 Å². The summed E-state index contributed by atoms with van der Waals surface area (Å²) in [7, 11) is 0. The lowest BCUT2D eigenvalue weighted by Gasteiger charge is -2.13. The Morgan fingerprint density at radius 3 is 1.57 bits per heavy atom. The number of alkyl halides is 6. The molecule has 2 nitrogen and oxygen atoms in total. The Bertz CT molecular complexity index is 164. The lowest BCUT2D eigenvalue weighted by molar-refractivity contribution is -0.140. The molecule has 86 valence electrons. The highest BCUT2D eigenvalue weighted by Crippen LogP contribution is 2.42. The van der Waals surface area contributed by atoms with E-state index >= 15 is 0 Å². The lowest BCUT2D eigenvalue weighted by Crippen LogP contribution is -2.27. The zero-order chi connectivity index (χ0) is 12.0. The van der Waals surface area contributed by atoms with E-state index < -0.39 is 9.97 Å². The zero-order valence-corrected chi connectivity index (χ0v) is 9.56. The Balaban J connectivity index is 0. The van der Waals surface area contributed by atoms with Crippen LogP contribution in [0.1, 0.15) is 13.8 Å². The minimum absolute atomic E-state index is 0.211. The lowest BCUT2D eigenvalue weighted by atomic mass is 10.8. The van der Waals surface area contributed by atoms with E-state index in [1.807, 2.05) is 0 Å². The highest BCUT2D eigenvalue weighted by Gasteiger charge is 2.51. The molecule has 0 fully saturated rings. The van der Waals surface area contributed by atoms with Gasteiger partial charge in [0.15, 0.2) is 0 Å². The summed E-state index contributed by atoms with van der Waals surface area (Å²) in [5, 5.41) is -4.23. The smallest absolute Gasteiger partial charge is 0.383 e. The van der Waals surface area contributed by atoms with Gasteiger partial charge in [0.25, 0.3) is 0 Å². The van der Waals surface area contributed by atoms with Crippen LogP contribution in [0.25, 0.3) is 0 Å². The van der Waals surface area contributed by atoms with Crippen LogP contribution in [0.4, 0.5) is 13.2 Å². The first-order chi connectivity index (χ1) is 6.02. The van der Waals surface area contributed by atoms with Crippen molar-refractivity contribution in [2.24, 2.45) is 0 Å². The molecule has 0 N–H and O–H groups in total. The van der Waals surface area contributed by atoms with E-state index in [1.54, 1.807) is 6.92 Å². The van der Waals surface area contributed by atoms with Crippen LogP contribution >= 0.6 is 34.8 Å². The number of carbonyl (C=O) groups excluding carboxylic acids is 1. The molecule has 14 heavy (non-hydrogen) atoms. The number of halogens is 6. The van der Waals surface area contributed by atoms with Gasteiger partial charge in [-0.25, -0.2) is 0 Å². The van der Waals surface area contributed by atoms with E-state index in [0.29, 0.717) is 6.61 Å². The number of rotatable bonds is 2. The van der Waals surface area contributed by atoms with Gasteiger partial charge in [-0.3, -0.25) is 4.79 Å². The number of hydrogen-bond donors (Lipinski definition) is 0. The molecule has 0 atom stereocenters. The summed E-state index contributed by atoms with van der Waals surface area (Å²) in [5.74, 6) is -0.211. The van der Waals surface area contributed by atoms with Crippen molar-refractivity contribution in [3.05, 3.63) is 0 Å². The Kier molecular flexibility index (Phi) is 7.79. The van der Waals surface area contributed by atoms with Gasteiger partial charge < -0.3 is 4.74 Å². The fourth-order valence-electron chi connectivity index (χ4n) is 0.203. The second-order valence-corrected chi connectivity index (χ2v) is 3.63. The van der Waals surface area contributed by atoms with Gasteiger partial charge in [0.1, 0.15) is 0 Å². The Morgan fingerprint density at radius 2 is 1.57 bits per heavy atom. The first-order valence-electron chi connectivity index (χ1n) is 3.29. The molecule has 0 radical (unpaired) electrons. The molecule has 0 rings (SSSR count). The maximum absolute atomic E-state index is 11.5. The molecule has 0 aliphatic carbocycles. The molecular weight excluding hydrogens is 267 g/mol. The molecule has 0 aromatic rings. The summed E-state index contributed by atoms with van der Waals surface area (Å²) in [5.41, 5.74) is 0. The van der Waals surface area contributed by atoms with Crippen molar-refractivity contribution in [3.63, 3.8) is 0 Å². The van der Waals surface area contributed by atoms with Crippen LogP contribution in [-0.4, -0.2) is 22.5 Å². The molecular formula is C6H8Cl3F3O2. The second-order valence-electron chi connectivity index (χ2n) is 1.92. The van der Waals surface area contributed by atoms with Gasteiger partial charge in [0, 0.05) is 6.92 Å². The van der Waals surface area contributed by atoms with E-state index in [9.17, 15) is 18.0 Å². The highest BCUT2D eigenvalue weighted by atomic mass is 35.5. The summed E-state index contributed by atoms with van der Waals surface area (Å²) in [6.45, 7) is 3.65. The maximum Gasteiger partial charge on any atom is 0.383 e. The number of esters is 1. The number of hydrogen-bond acceptors (Lipinski definition) is 2. The fourth-order valence-corrected chi connectivity index (χ4v) is 0.203.